The van der Waals surface area contributed by atoms with Gasteiger partial charge in [0.2, 0.25) is 11.8 Å². The summed E-state index contributed by atoms with van der Waals surface area (Å²) in [4.78, 5) is 31.9. The Bertz CT molecular complexity index is 664. The first-order valence-electron chi connectivity index (χ1n) is 5.14. The Kier molecular flexibility index (Phi) is 3.06. The third kappa shape index (κ3) is 2.32. The third-order valence-electron chi connectivity index (χ3n) is 2.68. The number of hydrogen-bond acceptors (Lipinski definition) is 6. The molecule has 0 radical (unpaired) electrons. The average Bonchev–Trinajstić information content (AvgIpc) is 2.69. The minimum atomic E-state index is -4.02. The van der Waals surface area contributed by atoms with Crippen molar-refractivity contribution in [1.82, 2.24) is 5.32 Å². The molecule has 0 saturated carbocycles. The highest BCUT2D eigenvalue weighted by atomic mass is 32.2. The second-order valence-corrected chi connectivity index (χ2v) is 6.03. The molecule has 0 aliphatic carbocycles. The second kappa shape index (κ2) is 4.43. The molecule has 1 saturated heterocycles. The van der Waals surface area contributed by atoms with Gasteiger partial charge >= 0.3 is 0 Å². The predicted octanol–water partition coefficient (Wildman–Crippen LogP) is -0.216. The number of amides is 2. The van der Waals surface area contributed by atoms with Crippen LogP contribution in [0.2, 0.25) is 0 Å². The van der Waals surface area contributed by atoms with Crippen LogP contribution in [0.3, 0.4) is 0 Å². The number of rotatable bonds is 3. The van der Waals surface area contributed by atoms with Crippen LogP contribution >= 0.6 is 0 Å². The number of nitro groups is 1. The number of nitro benzene ring substituents is 1. The molecule has 1 aromatic rings. The Labute approximate surface area is 107 Å². The van der Waals surface area contributed by atoms with Crippen molar-refractivity contribution in [3.8, 4) is 0 Å². The first kappa shape index (κ1) is 13.1. The van der Waals surface area contributed by atoms with Gasteiger partial charge in [-0.3, -0.25) is 25.0 Å². The van der Waals surface area contributed by atoms with E-state index < -0.39 is 38.2 Å². The summed E-state index contributed by atoms with van der Waals surface area (Å²) in [5.74, 6) is -1.52. The van der Waals surface area contributed by atoms with Gasteiger partial charge in [-0.15, -0.1) is 0 Å². The van der Waals surface area contributed by atoms with Crippen LogP contribution in [0.25, 0.3) is 0 Å². The van der Waals surface area contributed by atoms with E-state index in [0.29, 0.717) is 0 Å². The summed E-state index contributed by atoms with van der Waals surface area (Å²) in [6.45, 7) is 0. The molecule has 9 heteroatoms. The van der Waals surface area contributed by atoms with Crippen molar-refractivity contribution in [3.05, 3.63) is 34.4 Å². The number of non-ortho nitro benzene ring substituents is 1. The van der Waals surface area contributed by atoms with Gasteiger partial charge in [0.05, 0.1) is 16.2 Å². The zero-order chi connectivity index (χ0) is 14.2. The molecule has 8 nitrogen and oxygen atoms in total. The summed E-state index contributed by atoms with van der Waals surface area (Å²) in [6, 6.07) is 4.15. The summed E-state index contributed by atoms with van der Waals surface area (Å²) in [6.07, 6.45) is -0.432. The molecular formula is C10H8N2O6S. The Morgan fingerprint density at radius 2 is 1.79 bits per heavy atom. The molecule has 1 N–H and O–H groups in total. The first-order chi connectivity index (χ1) is 8.82. The van der Waals surface area contributed by atoms with Gasteiger partial charge in [-0.05, 0) is 12.1 Å². The predicted molar refractivity (Wildman–Crippen MR) is 61.8 cm³/mol. The van der Waals surface area contributed by atoms with Crippen molar-refractivity contribution in [1.29, 1.82) is 0 Å². The fourth-order valence-corrected chi connectivity index (χ4v) is 3.26. The van der Waals surface area contributed by atoms with Crippen LogP contribution in [-0.4, -0.2) is 30.4 Å². The number of imide groups is 1. The van der Waals surface area contributed by atoms with Gasteiger partial charge in [0.25, 0.3) is 5.69 Å². The Balaban J connectivity index is 2.37. The number of nitrogens with zero attached hydrogens (tertiary/aromatic N) is 1. The molecule has 1 heterocycles. The molecular weight excluding hydrogens is 276 g/mol. The maximum atomic E-state index is 12.1. The lowest BCUT2D eigenvalue weighted by Crippen LogP contribution is -2.30. The lowest BCUT2D eigenvalue weighted by Gasteiger charge is -2.07. The van der Waals surface area contributed by atoms with Crippen LogP contribution in [0.1, 0.15) is 6.42 Å². The van der Waals surface area contributed by atoms with Crippen LogP contribution in [-0.2, 0) is 19.4 Å². The monoisotopic (exact) mass is 284 g/mol. The maximum Gasteiger partial charge on any atom is 0.269 e. The van der Waals surface area contributed by atoms with Crippen LogP contribution < -0.4 is 5.32 Å². The fourth-order valence-electron chi connectivity index (χ4n) is 1.70. The minimum Gasteiger partial charge on any atom is -0.295 e. The second-order valence-electron chi connectivity index (χ2n) is 3.90. The van der Waals surface area contributed by atoms with Crippen LogP contribution in [0.4, 0.5) is 5.69 Å². The first-order valence-corrected chi connectivity index (χ1v) is 6.69. The molecule has 100 valence electrons. The molecule has 19 heavy (non-hydrogen) atoms. The van der Waals surface area contributed by atoms with E-state index in [2.05, 4.69) is 0 Å². The van der Waals surface area contributed by atoms with Gasteiger partial charge in [0.1, 0.15) is 0 Å². The highest BCUT2D eigenvalue weighted by Gasteiger charge is 2.41. The minimum absolute atomic E-state index is 0.229. The highest BCUT2D eigenvalue weighted by molar-refractivity contribution is 7.92. The van der Waals surface area contributed by atoms with Crippen molar-refractivity contribution in [3.63, 3.8) is 0 Å². The fraction of sp³-hybridized carbons (Fsp3) is 0.200. The molecule has 1 fully saturated rings. The van der Waals surface area contributed by atoms with Crippen molar-refractivity contribution < 1.29 is 22.9 Å². The summed E-state index contributed by atoms with van der Waals surface area (Å²) in [5.41, 5.74) is -0.258. The van der Waals surface area contributed by atoms with E-state index in [1.807, 2.05) is 5.32 Å². The average molecular weight is 284 g/mol. The van der Waals surface area contributed by atoms with E-state index in [-0.39, 0.29) is 10.6 Å². The van der Waals surface area contributed by atoms with Crippen LogP contribution in [0, 0.1) is 10.1 Å². The number of hydrogen-bond donors (Lipinski definition) is 1. The zero-order valence-electron chi connectivity index (χ0n) is 9.40. The number of benzene rings is 1. The highest BCUT2D eigenvalue weighted by Crippen LogP contribution is 2.23. The van der Waals surface area contributed by atoms with Gasteiger partial charge in [-0.1, -0.05) is 0 Å². The van der Waals surface area contributed by atoms with Gasteiger partial charge in [0.15, 0.2) is 15.1 Å². The number of sulfone groups is 1. The van der Waals surface area contributed by atoms with Gasteiger partial charge in [-0.2, -0.15) is 0 Å². The maximum absolute atomic E-state index is 12.1. The Morgan fingerprint density at radius 1 is 1.21 bits per heavy atom. The van der Waals surface area contributed by atoms with Crippen molar-refractivity contribution >= 4 is 27.3 Å². The van der Waals surface area contributed by atoms with E-state index >= 15 is 0 Å². The van der Waals surface area contributed by atoms with Crippen LogP contribution in [0.5, 0.6) is 0 Å². The van der Waals surface area contributed by atoms with Gasteiger partial charge in [0, 0.05) is 12.1 Å². The summed E-state index contributed by atoms with van der Waals surface area (Å²) < 4.78 is 24.2. The zero-order valence-corrected chi connectivity index (χ0v) is 10.2. The number of carbonyl (C=O) groups excluding carboxylic acids is 2. The lowest BCUT2D eigenvalue weighted by molar-refractivity contribution is -0.384. The van der Waals surface area contributed by atoms with E-state index in [9.17, 15) is 28.1 Å². The van der Waals surface area contributed by atoms with E-state index in [4.69, 9.17) is 0 Å². The normalized spacial score (nSPS) is 19.3. The number of carbonyl (C=O) groups is 2. The lowest BCUT2D eigenvalue weighted by atomic mass is 10.3. The largest absolute Gasteiger partial charge is 0.295 e. The molecule has 0 spiro atoms. The molecule has 2 rings (SSSR count). The van der Waals surface area contributed by atoms with Crippen molar-refractivity contribution in [2.24, 2.45) is 0 Å². The van der Waals surface area contributed by atoms with Gasteiger partial charge in [-0.25, -0.2) is 8.42 Å². The molecule has 1 aliphatic rings. The Hall–Kier alpha value is -2.29. The SMILES string of the molecule is O=C1CC(S(=O)(=O)c2ccc([N+](=O)[O-])cc2)C(=O)N1. The van der Waals surface area contributed by atoms with Crippen molar-refractivity contribution in [2.75, 3.05) is 0 Å². The molecule has 0 aromatic heterocycles. The summed E-state index contributed by atoms with van der Waals surface area (Å²) in [7, 11) is -4.02. The van der Waals surface area contributed by atoms with E-state index in [1.165, 1.54) is 0 Å². The molecule has 2 amide bonds. The van der Waals surface area contributed by atoms with Crippen molar-refractivity contribution in [2.45, 2.75) is 16.6 Å². The summed E-state index contributed by atoms with van der Waals surface area (Å²) in [5, 5.41) is 10.9. The third-order valence-corrected chi connectivity index (χ3v) is 4.74. The van der Waals surface area contributed by atoms with E-state index in [0.717, 1.165) is 24.3 Å². The van der Waals surface area contributed by atoms with Gasteiger partial charge < -0.3 is 0 Å². The molecule has 1 aromatic carbocycles. The molecule has 1 atom stereocenters. The standard InChI is InChI=1S/C10H8N2O6S/c13-9-5-8(10(14)11-9)19(17,18)7-3-1-6(2-4-7)12(15)16/h1-4,8H,5H2,(H,11,13,14). The topological polar surface area (TPSA) is 123 Å². The smallest absolute Gasteiger partial charge is 0.269 e. The summed E-state index contributed by atoms with van der Waals surface area (Å²) >= 11 is 0. The molecule has 0 bridgehead atoms. The van der Waals surface area contributed by atoms with E-state index in [1.54, 1.807) is 0 Å². The molecule has 1 aliphatic heterocycles. The Morgan fingerprint density at radius 3 is 2.21 bits per heavy atom. The molecule has 1 unspecified atom stereocenters. The quantitative estimate of drug-likeness (QED) is 0.465. The number of nitrogens with one attached hydrogen (secondary N) is 1. The van der Waals surface area contributed by atoms with Crippen LogP contribution in [0.15, 0.2) is 29.2 Å².